The van der Waals surface area contributed by atoms with Crippen molar-refractivity contribution in [3.63, 3.8) is 0 Å². The lowest BCUT2D eigenvalue weighted by atomic mass is 9.76. The van der Waals surface area contributed by atoms with Crippen molar-refractivity contribution in [1.82, 2.24) is 29.8 Å². The number of aromatic amines is 1. The second-order valence-electron chi connectivity index (χ2n) is 10.8. The number of aromatic nitrogens is 6. The van der Waals surface area contributed by atoms with Gasteiger partial charge in [-0.3, -0.25) is 18.9 Å². The van der Waals surface area contributed by atoms with Crippen LogP contribution in [0.1, 0.15) is 82.5 Å². The molecule has 38 heavy (non-hydrogen) atoms. The molecule has 1 aliphatic carbocycles. The topological polar surface area (TPSA) is 111 Å². The number of aliphatic imine (C=N–C) groups is 1. The first-order valence-electron chi connectivity index (χ1n) is 13.9. The summed E-state index contributed by atoms with van der Waals surface area (Å²) in [6.07, 6.45) is 15.9. The monoisotopic (exact) mass is 515 g/mol. The van der Waals surface area contributed by atoms with E-state index < -0.39 is 11.5 Å². The Hall–Kier alpha value is -3.62. The maximum Gasteiger partial charge on any atom is 0.329 e. The zero-order chi connectivity index (χ0) is 26.5. The Labute approximate surface area is 223 Å². The van der Waals surface area contributed by atoms with E-state index in [1.807, 2.05) is 35.3 Å². The number of unbranched alkanes of at least 4 members (excludes halogenated alkanes) is 1. The number of H-pyrrole nitrogens is 1. The summed E-state index contributed by atoms with van der Waals surface area (Å²) in [4.78, 5) is 31.7. The number of ketones is 1. The molecule has 1 fully saturated rings. The van der Waals surface area contributed by atoms with Crippen LogP contribution in [0.4, 0.5) is 0 Å². The quantitative estimate of drug-likeness (QED) is 0.463. The molecule has 5 rings (SSSR count). The van der Waals surface area contributed by atoms with Gasteiger partial charge in [0.05, 0.1) is 6.04 Å². The number of carbonyl (C=O) groups is 1. The summed E-state index contributed by atoms with van der Waals surface area (Å²) < 4.78 is 3.67. The first kappa shape index (κ1) is 26.0. The maximum absolute atomic E-state index is 14.1. The van der Waals surface area contributed by atoms with E-state index in [1.54, 1.807) is 4.57 Å². The van der Waals surface area contributed by atoms with Crippen molar-refractivity contribution >= 4 is 12.0 Å². The standard InChI is InChI=1S/C29H37N7O2/c1-3-4-12-24-19-35(26-21(2)9-6-5-7-13-25(26)37)28(38)36(24)20-29(14-16-30-17-15-29)23-11-8-10-22(18-23)27-31-33-34-32-27/h8,10-11,14,16-19,21,26H,3-7,9,12-13,15,20H2,1-2H3,(H,31,32,33,34). The van der Waals surface area contributed by atoms with Gasteiger partial charge in [-0.15, -0.1) is 10.2 Å². The Balaban J connectivity index is 1.58. The molecule has 1 aromatic carbocycles. The number of hydrogen-bond acceptors (Lipinski definition) is 6. The zero-order valence-corrected chi connectivity index (χ0v) is 22.3. The normalized spacial score (nSPS) is 23.9. The largest absolute Gasteiger partial charge is 0.329 e. The van der Waals surface area contributed by atoms with Crippen LogP contribution in [0.25, 0.3) is 11.4 Å². The third kappa shape index (κ3) is 5.19. The molecule has 200 valence electrons. The van der Waals surface area contributed by atoms with Gasteiger partial charge in [-0.2, -0.15) is 5.21 Å². The van der Waals surface area contributed by atoms with Gasteiger partial charge in [-0.25, -0.2) is 4.79 Å². The Morgan fingerprint density at radius 2 is 2.08 bits per heavy atom. The van der Waals surface area contributed by atoms with Crippen LogP contribution < -0.4 is 5.69 Å². The molecule has 2 aromatic heterocycles. The zero-order valence-electron chi connectivity index (χ0n) is 22.3. The van der Waals surface area contributed by atoms with Crippen LogP contribution in [0.15, 0.2) is 52.5 Å². The Bertz CT molecular complexity index is 1370. The number of rotatable bonds is 8. The van der Waals surface area contributed by atoms with Crippen molar-refractivity contribution in [3.05, 3.63) is 64.5 Å². The van der Waals surface area contributed by atoms with Crippen molar-refractivity contribution in [3.8, 4) is 11.4 Å². The van der Waals surface area contributed by atoms with Gasteiger partial charge < -0.3 is 0 Å². The van der Waals surface area contributed by atoms with E-state index in [4.69, 9.17) is 0 Å². The van der Waals surface area contributed by atoms with Crippen LogP contribution in [0, 0.1) is 5.92 Å². The number of tetrazole rings is 1. The molecule has 9 heteroatoms. The minimum absolute atomic E-state index is 0.0912. The van der Waals surface area contributed by atoms with Gasteiger partial charge in [0, 0.05) is 48.2 Å². The number of Topliss-reactive ketones (excluding diaryl/α,β-unsaturated/α-hetero) is 1. The molecule has 0 saturated heterocycles. The van der Waals surface area contributed by atoms with Crippen LogP contribution >= 0.6 is 0 Å². The summed E-state index contributed by atoms with van der Waals surface area (Å²) >= 11 is 0. The predicted octanol–water partition coefficient (Wildman–Crippen LogP) is 4.81. The van der Waals surface area contributed by atoms with Crippen molar-refractivity contribution < 1.29 is 4.79 Å². The minimum Gasteiger partial charge on any atom is -0.297 e. The van der Waals surface area contributed by atoms with Gasteiger partial charge in [0.25, 0.3) is 0 Å². The molecule has 3 heterocycles. The molecule has 0 bridgehead atoms. The number of carbonyl (C=O) groups excluding carboxylic acids is 1. The molecule has 9 nitrogen and oxygen atoms in total. The number of benzene rings is 1. The molecule has 0 radical (unpaired) electrons. The third-order valence-electron chi connectivity index (χ3n) is 8.15. The number of allylic oxidation sites excluding steroid dienone is 1. The van der Waals surface area contributed by atoms with Crippen LogP contribution in [-0.2, 0) is 23.2 Å². The lowest BCUT2D eigenvalue weighted by Crippen LogP contribution is -2.39. The maximum atomic E-state index is 14.1. The summed E-state index contributed by atoms with van der Waals surface area (Å²) in [5.41, 5.74) is 2.33. The average Bonchev–Trinajstić information content (AvgIpc) is 3.57. The number of aryl methyl sites for hydroxylation is 1. The van der Waals surface area contributed by atoms with Gasteiger partial charge in [-0.05, 0) is 54.9 Å². The average molecular weight is 516 g/mol. The van der Waals surface area contributed by atoms with Crippen molar-refractivity contribution in [1.29, 1.82) is 0 Å². The van der Waals surface area contributed by atoms with E-state index in [0.717, 1.165) is 61.8 Å². The van der Waals surface area contributed by atoms with E-state index in [-0.39, 0.29) is 17.4 Å². The summed E-state index contributed by atoms with van der Waals surface area (Å²) in [5.74, 6) is 0.850. The van der Waals surface area contributed by atoms with E-state index >= 15 is 0 Å². The molecule has 3 unspecified atom stereocenters. The van der Waals surface area contributed by atoms with Gasteiger partial charge in [0.1, 0.15) is 0 Å². The molecular weight excluding hydrogens is 478 g/mol. The number of hydrogen-bond donors (Lipinski definition) is 1. The van der Waals surface area contributed by atoms with Crippen molar-refractivity contribution in [2.75, 3.05) is 0 Å². The Morgan fingerprint density at radius 1 is 1.18 bits per heavy atom. The highest BCUT2D eigenvalue weighted by atomic mass is 16.2. The lowest BCUT2D eigenvalue weighted by Gasteiger charge is -2.32. The van der Waals surface area contributed by atoms with Crippen molar-refractivity contribution in [2.24, 2.45) is 10.9 Å². The molecule has 3 atom stereocenters. The van der Waals surface area contributed by atoms with Crippen LogP contribution in [-0.4, -0.2) is 41.8 Å². The first-order chi connectivity index (χ1) is 18.5. The summed E-state index contributed by atoms with van der Waals surface area (Å²) in [6.45, 7) is 4.74. The molecular formula is C29H37N7O2. The van der Waals surface area contributed by atoms with Crippen LogP contribution in [0.3, 0.4) is 0 Å². The van der Waals surface area contributed by atoms with Gasteiger partial charge in [0.2, 0.25) is 5.82 Å². The first-order valence-corrected chi connectivity index (χ1v) is 13.9. The molecule has 1 saturated carbocycles. The summed E-state index contributed by atoms with van der Waals surface area (Å²) in [7, 11) is 0. The molecule has 3 aromatic rings. The summed E-state index contributed by atoms with van der Waals surface area (Å²) in [5, 5.41) is 14.5. The van der Waals surface area contributed by atoms with Gasteiger partial charge in [-0.1, -0.05) is 57.4 Å². The lowest BCUT2D eigenvalue weighted by molar-refractivity contribution is -0.124. The van der Waals surface area contributed by atoms with E-state index in [9.17, 15) is 9.59 Å². The van der Waals surface area contributed by atoms with E-state index in [0.29, 0.717) is 25.2 Å². The predicted molar refractivity (Wildman–Crippen MR) is 147 cm³/mol. The van der Waals surface area contributed by atoms with Gasteiger partial charge >= 0.3 is 5.69 Å². The molecule has 2 aliphatic rings. The van der Waals surface area contributed by atoms with Gasteiger partial charge in [0.15, 0.2) is 5.78 Å². The van der Waals surface area contributed by atoms with Crippen molar-refractivity contribution in [2.45, 2.75) is 89.6 Å². The molecule has 1 N–H and O–H groups in total. The smallest absolute Gasteiger partial charge is 0.297 e. The second kappa shape index (κ2) is 11.4. The van der Waals surface area contributed by atoms with Crippen LogP contribution in [0.2, 0.25) is 0 Å². The molecule has 0 amide bonds. The van der Waals surface area contributed by atoms with E-state index in [2.05, 4.69) is 57.7 Å². The second-order valence-corrected chi connectivity index (χ2v) is 10.8. The van der Waals surface area contributed by atoms with Crippen LogP contribution in [0.5, 0.6) is 0 Å². The fraction of sp³-hybridized carbons (Fsp3) is 0.517. The highest BCUT2D eigenvalue weighted by molar-refractivity contribution is 5.83. The SMILES string of the molecule is CCCCc1cn(C2C(=O)CCCCCC2C)c(=O)n1CC1(c2cccc(-c3nn[nH]n3)c2)C=CN=CC1. The number of nitrogens with zero attached hydrogens (tertiary/aromatic N) is 6. The molecule has 1 aliphatic heterocycles. The Morgan fingerprint density at radius 3 is 2.84 bits per heavy atom. The highest BCUT2D eigenvalue weighted by Gasteiger charge is 2.35. The Kier molecular flexibility index (Phi) is 7.81. The third-order valence-corrected chi connectivity index (χ3v) is 8.15. The number of nitrogens with one attached hydrogen (secondary N) is 1. The summed E-state index contributed by atoms with van der Waals surface area (Å²) in [6, 6.07) is 7.71. The molecule has 0 spiro atoms. The van der Waals surface area contributed by atoms with E-state index in [1.165, 1.54) is 0 Å². The number of imidazole rings is 1. The fourth-order valence-corrected chi connectivity index (χ4v) is 5.96. The highest BCUT2D eigenvalue weighted by Crippen LogP contribution is 2.36. The fourth-order valence-electron chi connectivity index (χ4n) is 5.96. The minimum atomic E-state index is -0.477.